The molecule has 0 bridgehead atoms. The lowest BCUT2D eigenvalue weighted by atomic mass is 9.84. The van der Waals surface area contributed by atoms with Gasteiger partial charge in [0.25, 0.3) is 0 Å². The molecule has 0 spiro atoms. The summed E-state index contributed by atoms with van der Waals surface area (Å²) in [6.45, 7) is 0.465. The zero-order valence-electron chi connectivity index (χ0n) is 24.0. The highest BCUT2D eigenvalue weighted by Crippen LogP contribution is 2.50. The Labute approximate surface area is 249 Å². The number of fused-ring (bicyclic) bond motifs is 3. The summed E-state index contributed by atoms with van der Waals surface area (Å²) in [5.41, 5.74) is 3.58. The van der Waals surface area contributed by atoms with E-state index in [0.29, 0.717) is 57.8 Å². The SMILES string of the molecule is COc1cc(OC)c(OC)cc1/C=C1\Oc2c(ccc3c2C(c2ccccc2OCCc2ccccc2)CC(=O)O3)C1=O. The number of hydrogen-bond donors (Lipinski definition) is 0. The van der Waals surface area contributed by atoms with Gasteiger partial charge in [0.1, 0.15) is 23.0 Å². The van der Waals surface area contributed by atoms with E-state index in [0.717, 1.165) is 12.0 Å². The van der Waals surface area contributed by atoms with Gasteiger partial charge in [0.15, 0.2) is 17.3 Å². The van der Waals surface area contributed by atoms with E-state index in [1.807, 2.05) is 42.5 Å². The first kappa shape index (κ1) is 27.9. The number of esters is 1. The molecule has 0 amide bonds. The van der Waals surface area contributed by atoms with E-state index in [-0.39, 0.29) is 23.9 Å². The van der Waals surface area contributed by atoms with Crippen LogP contribution in [0.15, 0.2) is 84.6 Å². The van der Waals surface area contributed by atoms with Gasteiger partial charge >= 0.3 is 5.97 Å². The molecule has 0 N–H and O–H groups in total. The van der Waals surface area contributed by atoms with Crippen LogP contribution in [0.2, 0.25) is 0 Å². The van der Waals surface area contributed by atoms with E-state index in [1.54, 1.807) is 30.3 Å². The highest BCUT2D eigenvalue weighted by atomic mass is 16.5. The van der Waals surface area contributed by atoms with Gasteiger partial charge in [-0.2, -0.15) is 0 Å². The van der Waals surface area contributed by atoms with Gasteiger partial charge in [-0.15, -0.1) is 0 Å². The Morgan fingerprint density at radius 1 is 0.791 bits per heavy atom. The number of ketones is 1. The van der Waals surface area contributed by atoms with Crippen LogP contribution in [0.4, 0.5) is 0 Å². The van der Waals surface area contributed by atoms with Gasteiger partial charge in [0.05, 0.1) is 39.9 Å². The number of benzene rings is 4. The van der Waals surface area contributed by atoms with Gasteiger partial charge < -0.3 is 28.4 Å². The standard InChI is InChI=1S/C35H30O8/c1-38-28-20-30(40-3)29(39-2)17-22(28)18-31-34(37)24-13-14-27-33(35(24)43-31)25(19-32(36)42-27)23-11-7-8-12-26(23)41-16-15-21-9-5-4-6-10-21/h4-14,17-18,20,25H,15-16,19H2,1-3H3/b31-18-. The fraction of sp³-hybridized carbons (Fsp3) is 0.200. The third-order valence-corrected chi connectivity index (χ3v) is 7.59. The molecule has 1 unspecified atom stereocenters. The zero-order chi connectivity index (χ0) is 29.9. The highest BCUT2D eigenvalue weighted by molar-refractivity contribution is 6.15. The molecule has 2 heterocycles. The Kier molecular flexibility index (Phi) is 7.75. The Balaban J connectivity index is 1.36. The van der Waals surface area contributed by atoms with Crippen LogP contribution in [-0.4, -0.2) is 39.7 Å². The fourth-order valence-corrected chi connectivity index (χ4v) is 5.50. The summed E-state index contributed by atoms with van der Waals surface area (Å²) in [4.78, 5) is 26.3. The van der Waals surface area contributed by atoms with Crippen molar-refractivity contribution >= 4 is 17.8 Å². The van der Waals surface area contributed by atoms with Crippen LogP contribution in [0, 0.1) is 0 Å². The zero-order valence-corrected chi connectivity index (χ0v) is 24.0. The van der Waals surface area contributed by atoms with Crippen LogP contribution in [0.5, 0.6) is 34.5 Å². The molecule has 0 aromatic heterocycles. The maximum absolute atomic E-state index is 13.6. The van der Waals surface area contributed by atoms with Crippen molar-refractivity contribution in [2.45, 2.75) is 18.8 Å². The maximum Gasteiger partial charge on any atom is 0.312 e. The molecule has 43 heavy (non-hydrogen) atoms. The number of allylic oxidation sites excluding steroid dienone is 1. The van der Waals surface area contributed by atoms with Crippen molar-refractivity contribution in [2.24, 2.45) is 0 Å². The molecule has 2 aliphatic heterocycles. The summed E-state index contributed by atoms with van der Waals surface area (Å²) in [5.74, 6) is 1.84. The van der Waals surface area contributed by atoms with Crippen LogP contribution in [0.1, 0.15) is 45.0 Å². The van der Waals surface area contributed by atoms with E-state index >= 15 is 0 Å². The fourth-order valence-electron chi connectivity index (χ4n) is 5.50. The number of para-hydroxylation sites is 1. The van der Waals surface area contributed by atoms with Gasteiger partial charge in [-0.05, 0) is 35.9 Å². The lowest BCUT2D eigenvalue weighted by molar-refractivity contribution is -0.135. The second-order valence-corrected chi connectivity index (χ2v) is 10.1. The lowest BCUT2D eigenvalue weighted by Crippen LogP contribution is -2.22. The summed E-state index contributed by atoms with van der Waals surface area (Å²) in [7, 11) is 4.60. The van der Waals surface area contributed by atoms with E-state index in [2.05, 4.69) is 12.1 Å². The largest absolute Gasteiger partial charge is 0.496 e. The molecule has 4 aromatic carbocycles. The molecular formula is C35H30O8. The molecule has 0 aliphatic carbocycles. The number of carbonyl (C=O) groups is 2. The van der Waals surface area contributed by atoms with Crippen LogP contribution in [0.3, 0.4) is 0 Å². The minimum Gasteiger partial charge on any atom is -0.496 e. The lowest BCUT2D eigenvalue weighted by Gasteiger charge is -2.27. The van der Waals surface area contributed by atoms with E-state index in [1.165, 1.54) is 26.9 Å². The molecule has 6 rings (SSSR count). The Morgan fingerprint density at radius 2 is 1.51 bits per heavy atom. The van der Waals surface area contributed by atoms with Crippen molar-refractivity contribution in [1.29, 1.82) is 0 Å². The third-order valence-electron chi connectivity index (χ3n) is 7.59. The van der Waals surface area contributed by atoms with Crippen molar-refractivity contribution in [3.05, 3.63) is 112 Å². The normalized spacial score (nSPS) is 16.2. The Morgan fingerprint density at radius 3 is 2.28 bits per heavy atom. The minimum atomic E-state index is -0.443. The third kappa shape index (κ3) is 5.39. The van der Waals surface area contributed by atoms with Gasteiger partial charge in [-0.1, -0.05) is 48.5 Å². The molecule has 8 heteroatoms. The molecule has 2 aliphatic rings. The number of Topliss-reactive ketones (excluding diaryl/α,β-unsaturated/α-hetero) is 1. The molecule has 4 aromatic rings. The van der Waals surface area contributed by atoms with Crippen molar-refractivity contribution < 1.29 is 38.0 Å². The summed E-state index contributed by atoms with van der Waals surface area (Å²) >= 11 is 0. The van der Waals surface area contributed by atoms with Crippen LogP contribution < -0.4 is 28.4 Å². The monoisotopic (exact) mass is 578 g/mol. The average Bonchev–Trinajstić information content (AvgIpc) is 3.35. The van der Waals surface area contributed by atoms with Gasteiger partial charge in [-0.3, -0.25) is 9.59 Å². The van der Waals surface area contributed by atoms with Gasteiger partial charge in [0.2, 0.25) is 5.78 Å². The number of rotatable bonds is 9. The summed E-state index contributed by atoms with van der Waals surface area (Å²) < 4.78 is 34.5. The van der Waals surface area contributed by atoms with Crippen molar-refractivity contribution in [3.8, 4) is 34.5 Å². The second kappa shape index (κ2) is 11.9. The Hall–Kier alpha value is -5.24. The van der Waals surface area contributed by atoms with Crippen molar-refractivity contribution in [2.75, 3.05) is 27.9 Å². The van der Waals surface area contributed by atoms with Crippen LogP contribution in [0.25, 0.3) is 6.08 Å². The Bertz CT molecular complexity index is 1720. The molecule has 0 fully saturated rings. The highest BCUT2D eigenvalue weighted by Gasteiger charge is 2.39. The first-order chi connectivity index (χ1) is 21.0. The quantitative estimate of drug-likeness (QED) is 0.128. The van der Waals surface area contributed by atoms with Crippen LogP contribution >= 0.6 is 0 Å². The number of ether oxygens (including phenoxy) is 6. The van der Waals surface area contributed by atoms with Crippen LogP contribution in [-0.2, 0) is 11.2 Å². The molecule has 218 valence electrons. The summed E-state index contributed by atoms with van der Waals surface area (Å²) in [6.07, 6.45) is 2.42. The van der Waals surface area contributed by atoms with E-state index < -0.39 is 5.92 Å². The number of carbonyl (C=O) groups excluding carboxylic acids is 2. The van der Waals surface area contributed by atoms with Gasteiger partial charge in [-0.25, -0.2) is 0 Å². The first-order valence-electron chi connectivity index (χ1n) is 13.9. The predicted molar refractivity (Wildman–Crippen MR) is 160 cm³/mol. The maximum atomic E-state index is 13.6. The molecule has 1 atom stereocenters. The molecular weight excluding hydrogens is 548 g/mol. The summed E-state index contributed by atoms with van der Waals surface area (Å²) in [5, 5.41) is 0. The predicted octanol–water partition coefficient (Wildman–Crippen LogP) is 6.39. The first-order valence-corrected chi connectivity index (χ1v) is 13.9. The average molecular weight is 579 g/mol. The molecule has 0 saturated carbocycles. The smallest absolute Gasteiger partial charge is 0.312 e. The molecule has 8 nitrogen and oxygen atoms in total. The van der Waals surface area contributed by atoms with E-state index in [4.69, 9.17) is 28.4 Å². The van der Waals surface area contributed by atoms with E-state index in [9.17, 15) is 9.59 Å². The summed E-state index contributed by atoms with van der Waals surface area (Å²) in [6, 6.07) is 24.4. The van der Waals surface area contributed by atoms with Crippen molar-refractivity contribution in [1.82, 2.24) is 0 Å². The van der Waals surface area contributed by atoms with Crippen molar-refractivity contribution in [3.63, 3.8) is 0 Å². The second-order valence-electron chi connectivity index (χ2n) is 10.1. The molecule has 0 radical (unpaired) electrons. The number of hydrogen-bond acceptors (Lipinski definition) is 8. The molecule has 0 saturated heterocycles. The topological polar surface area (TPSA) is 89.5 Å². The van der Waals surface area contributed by atoms with Gasteiger partial charge in [0, 0.05) is 35.1 Å². The minimum absolute atomic E-state index is 0.0720. The number of methoxy groups -OCH3 is 3.